The fraction of sp³-hybridized carbons (Fsp3) is 0.889. The summed E-state index contributed by atoms with van der Waals surface area (Å²) in [5.41, 5.74) is 5.70. The van der Waals surface area contributed by atoms with Gasteiger partial charge in [-0.05, 0) is 35.1 Å². The van der Waals surface area contributed by atoms with Crippen LogP contribution in [-0.2, 0) is 0 Å². The average molecular weight is 195 g/mol. The number of tetrazole rings is 1. The molecule has 3 unspecified atom stereocenters. The van der Waals surface area contributed by atoms with Crippen molar-refractivity contribution in [2.75, 3.05) is 5.73 Å². The lowest BCUT2D eigenvalue weighted by Crippen LogP contribution is -2.18. The van der Waals surface area contributed by atoms with Crippen molar-refractivity contribution in [3.8, 4) is 0 Å². The molecule has 0 amide bonds. The maximum Gasteiger partial charge on any atom is 0.240 e. The SMILES string of the molecule is CCC1CCC(n2nnnc2N)C1C. The minimum atomic E-state index is 0.398. The molecule has 1 aliphatic carbocycles. The van der Waals surface area contributed by atoms with Gasteiger partial charge >= 0.3 is 0 Å². The van der Waals surface area contributed by atoms with Gasteiger partial charge in [-0.25, -0.2) is 4.68 Å². The van der Waals surface area contributed by atoms with Gasteiger partial charge in [-0.3, -0.25) is 0 Å². The Morgan fingerprint density at radius 3 is 2.79 bits per heavy atom. The van der Waals surface area contributed by atoms with Crippen LogP contribution in [0.15, 0.2) is 0 Å². The number of nitrogens with zero attached hydrogens (tertiary/aromatic N) is 4. The van der Waals surface area contributed by atoms with Crippen LogP contribution < -0.4 is 5.73 Å². The van der Waals surface area contributed by atoms with E-state index >= 15 is 0 Å². The first kappa shape index (κ1) is 9.43. The third-order valence-corrected chi connectivity index (χ3v) is 3.54. The highest BCUT2D eigenvalue weighted by molar-refractivity contribution is 5.12. The smallest absolute Gasteiger partial charge is 0.240 e. The molecule has 0 bridgehead atoms. The predicted molar refractivity (Wildman–Crippen MR) is 53.4 cm³/mol. The molecule has 1 aromatic heterocycles. The van der Waals surface area contributed by atoms with E-state index in [9.17, 15) is 0 Å². The van der Waals surface area contributed by atoms with E-state index in [1.807, 2.05) is 0 Å². The molecular formula is C9H17N5. The summed E-state index contributed by atoms with van der Waals surface area (Å²) >= 11 is 0. The van der Waals surface area contributed by atoms with Crippen LogP contribution in [-0.4, -0.2) is 20.2 Å². The van der Waals surface area contributed by atoms with E-state index in [4.69, 9.17) is 5.73 Å². The van der Waals surface area contributed by atoms with Crippen molar-refractivity contribution in [2.24, 2.45) is 11.8 Å². The number of rotatable bonds is 2. The minimum absolute atomic E-state index is 0.398. The molecule has 5 nitrogen and oxygen atoms in total. The van der Waals surface area contributed by atoms with E-state index in [1.165, 1.54) is 12.8 Å². The second-order valence-corrected chi connectivity index (χ2v) is 4.15. The molecular weight excluding hydrogens is 178 g/mol. The molecule has 1 aliphatic rings. The lowest BCUT2D eigenvalue weighted by atomic mass is 9.94. The standard InChI is InChI=1S/C9H17N5/c1-3-7-4-5-8(6(7)2)14-9(10)11-12-13-14/h6-8H,3-5H2,1-2H3,(H2,10,11,13). The molecule has 0 spiro atoms. The lowest BCUT2D eigenvalue weighted by molar-refractivity contribution is 0.311. The van der Waals surface area contributed by atoms with Gasteiger partial charge in [0.05, 0.1) is 6.04 Å². The summed E-state index contributed by atoms with van der Waals surface area (Å²) in [5, 5.41) is 11.3. The molecule has 1 saturated carbocycles. The van der Waals surface area contributed by atoms with Gasteiger partial charge in [0.1, 0.15) is 0 Å². The van der Waals surface area contributed by atoms with Crippen molar-refractivity contribution in [3.05, 3.63) is 0 Å². The second kappa shape index (κ2) is 3.55. The van der Waals surface area contributed by atoms with E-state index in [1.54, 1.807) is 4.68 Å². The zero-order chi connectivity index (χ0) is 10.1. The van der Waals surface area contributed by atoms with Crippen molar-refractivity contribution < 1.29 is 0 Å². The molecule has 5 heteroatoms. The van der Waals surface area contributed by atoms with Crippen LogP contribution in [0.4, 0.5) is 5.95 Å². The molecule has 0 radical (unpaired) electrons. The first-order chi connectivity index (χ1) is 6.74. The largest absolute Gasteiger partial charge is 0.367 e. The van der Waals surface area contributed by atoms with Crippen LogP contribution in [0.2, 0.25) is 0 Å². The highest BCUT2D eigenvalue weighted by Crippen LogP contribution is 2.41. The van der Waals surface area contributed by atoms with Gasteiger partial charge in [0.2, 0.25) is 5.95 Å². The highest BCUT2D eigenvalue weighted by Gasteiger charge is 2.34. The number of aromatic nitrogens is 4. The summed E-state index contributed by atoms with van der Waals surface area (Å²) in [6.07, 6.45) is 3.65. The van der Waals surface area contributed by atoms with Crippen molar-refractivity contribution >= 4 is 5.95 Å². The van der Waals surface area contributed by atoms with E-state index in [-0.39, 0.29) is 0 Å². The second-order valence-electron chi connectivity index (χ2n) is 4.15. The molecule has 2 N–H and O–H groups in total. The zero-order valence-corrected chi connectivity index (χ0v) is 8.72. The molecule has 0 aromatic carbocycles. The molecule has 0 saturated heterocycles. The predicted octanol–water partition coefficient (Wildman–Crippen LogP) is 1.25. The molecule has 3 atom stereocenters. The Hall–Kier alpha value is -1.13. The van der Waals surface area contributed by atoms with Gasteiger partial charge < -0.3 is 5.73 Å². The lowest BCUT2D eigenvalue weighted by Gasteiger charge is -2.19. The molecule has 78 valence electrons. The Bertz CT molecular complexity index is 308. The number of nitrogens with two attached hydrogens (primary N) is 1. The topological polar surface area (TPSA) is 69.6 Å². The van der Waals surface area contributed by atoms with Gasteiger partial charge in [-0.1, -0.05) is 25.4 Å². The van der Waals surface area contributed by atoms with Crippen LogP contribution in [0.1, 0.15) is 39.2 Å². The van der Waals surface area contributed by atoms with Crippen molar-refractivity contribution in [2.45, 2.75) is 39.2 Å². The molecule has 2 rings (SSSR count). The van der Waals surface area contributed by atoms with Gasteiger partial charge in [0.25, 0.3) is 0 Å². The number of anilines is 1. The third kappa shape index (κ3) is 1.36. The van der Waals surface area contributed by atoms with Crippen LogP contribution >= 0.6 is 0 Å². The monoisotopic (exact) mass is 195 g/mol. The maximum atomic E-state index is 5.70. The fourth-order valence-electron chi connectivity index (χ4n) is 2.58. The van der Waals surface area contributed by atoms with Crippen molar-refractivity contribution in [1.82, 2.24) is 20.2 Å². The van der Waals surface area contributed by atoms with Crippen LogP contribution in [0, 0.1) is 11.8 Å². The Morgan fingerprint density at radius 1 is 1.50 bits per heavy atom. The summed E-state index contributed by atoms with van der Waals surface area (Å²) in [6, 6.07) is 0.398. The van der Waals surface area contributed by atoms with E-state index in [0.29, 0.717) is 17.9 Å². The van der Waals surface area contributed by atoms with Crippen LogP contribution in [0.25, 0.3) is 0 Å². The molecule has 1 fully saturated rings. The van der Waals surface area contributed by atoms with Gasteiger partial charge in [0, 0.05) is 0 Å². The summed E-state index contributed by atoms with van der Waals surface area (Å²) < 4.78 is 1.78. The number of hydrogen-bond acceptors (Lipinski definition) is 4. The zero-order valence-electron chi connectivity index (χ0n) is 8.72. The highest BCUT2D eigenvalue weighted by atomic mass is 15.6. The third-order valence-electron chi connectivity index (χ3n) is 3.54. The average Bonchev–Trinajstić information content (AvgIpc) is 2.72. The summed E-state index contributed by atoms with van der Waals surface area (Å²) in [7, 11) is 0. The number of nitrogen functional groups attached to an aromatic ring is 1. The summed E-state index contributed by atoms with van der Waals surface area (Å²) in [4.78, 5) is 0. The van der Waals surface area contributed by atoms with Gasteiger partial charge in [0.15, 0.2) is 0 Å². The van der Waals surface area contributed by atoms with Crippen molar-refractivity contribution in [1.29, 1.82) is 0 Å². The first-order valence-electron chi connectivity index (χ1n) is 5.27. The van der Waals surface area contributed by atoms with E-state index in [2.05, 4.69) is 29.4 Å². The fourth-order valence-corrected chi connectivity index (χ4v) is 2.58. The first-order valence-corrected chi connectivity index (χ1v) is 5.27. The van der Waals surface area contributed by atoms with Crippen LogP contribution in [0.5, 0.6) is 0 Å². The molecule has 14 heavy (non-hydrogen) atoms. The quantitative estimate of drug-likeness (QED) is 0.771. The normalized spacial score (nSPS) is 32.3. The van der Waals surface area contributed by atoms with E-state index < -0.39 is 0 Å². The maximum absolute atomic E-state index is 5.70. The minimum Gasteiger partial charge on any atom is -0.367 e. The summed E-state index contributed by atoms with van der Waals surface area (Å²) in [6.45, 7) is 4.51. The van der Waals surface area contributed by atoms with E-state index in [0.717, 1.165) is 12.3 Å². The Balaban J connectivity index is 2.18. The molecule has 0 aliphatic heterocycles. The molecule has 1 aromatic rings. The Morgan fingerprint density at radius 2 is 2.29 bits per heavy atom. The summed E-state index contributed by atoms with van der Waals surface area (Å²) in [5.74, 6) is 1.87. The van der Waals surface area contributed by atoms with Crippen molar-refractivity contribution in [3.63, 3.8) is 0 Å². The Labute approximate surface area is 83.7 Å². The Kier molecular flexibility index (Phi) is 2.39. The molecule has 1 heterocycles. The van der Waals surface area contributed by atoms with Gasteiger partial charge in [-0.15, -0.1) is 0 Å². The van der Waals surface area contributed by atoms with Gasteiger partial charge in [-0.2, -0.15) is 0 Å². The number of hydrogen-bond donors (Lipinski definition) is 1. The van der Waals surface area contributed by atoms with Crippen LogP contribution in [0.3, 0.4) is 0 Å².